The quantitative estimate of drug-likeness (QED) is 0.0230. The summed E-state index contributed by atoms with van der Waals surface area (Å²) in [6.07, 6.45) is 7.54. The van der Waals surface area contributed by atoms with Gasteiger partial charge in [0.15, 0.2) is 0 Å². The van der Waals surface area contributed by atoms with Gasteiger partial charge in [0.2, 0.25) is 5.91 Å². The maximum Gasteiger partial charge on any atom is 0.411 e. The van der Waals surface area contributed by atoms with Gasteiger partial charge in [-0.3, -0.25) is 15.4 Å². The lowest BCUT2D eigenvalue weighted by Gasteiger charge is -2.44. The molecule has 0 fully saturated rings. The summed E-state index contributed by atoms with van der Waals surface area (Å²) in [5.74, 6) is -1.07. The molecule has 0 aliphatic rings. The smallest absolute Gasteiger partial charge is 0.411 e. The van der Waals surface area contributed by atoms with Crippen LogP contribution in [0.3, 0.4) is 0 Å². The zero-order chi connectivity index (χ0) is 39.1. The zero-order valence-electron chi connectivity index (χ0n) is 31.6. The van der Waals surface area contributed by atoms with E-state index in [9.17, 15) is 29.4 Å². The first-order valence-corrected chi connectivity index (χ1v) is 19.4. The van der Waals surface area contributed by atoms with Gasteiger partial charge in [-0.2, -0.15) is 0 Å². The van der Waals surface area contributed by atoms with Crippen LogP contribution < -0.4 is 21.3 Å². The summed E-state index contributed by atoms with van der Waals surface area (Å²) >= 11 is 0. The number of amides is 3. The van der Waals surface area contributed by atoms with Crippen molar-refractivity contribution in [2.45, 2.75) is 94.8 Å². The number of rotatable bonds is 25. The van der Waals surface area contributed by atoms with Crippen molar-refractivity contribution in [2.24, 2.45) is 5.92 Å². The number of imide groups is 1. The summed E-state index contributed by atoms with van der Waals surface area (Å²) in [7, 11) is 0. The van der Waals surface area contributed by atoms with E-state index in [0.29, 0.717) is 19.3 Å². The highest BCUT2D eigenvalue weighted by Crippen LogP contribution is 2.31. The van der Waals surface area contributed by atoms with Gasteiger partial charge in [0.1, 0.15) is 11.9 Å². The van der Waals surface area contributed by atoms with Crippen molar-refractivity contribution in [3.8, 4) is 0 Å². The van der Waals surface area contributed by atoms with Gasteiger partial charge in [0.05, 0.1) is 12.1 Å². The second-order valence-electron chi connectivity index (χ2n) is 14.3. The monoisotopic (exact) mass is 748 g/mol. The van der Waals surface area contributed by atoms with Crippen LogP contribution in [0.1, 0.15) is 73.6 Å². The fourth-order valence-electron chi connectivity index (χ4n) is 7.31. The van der Waals surface area contributed by atoms with E-state index in [4.69, 9.17) is 0 Å². The van der Waals surface area contributed by atoms with Crippen LogP contribution in [0.25, 0.3) is 0 Å². The highest BCUT2D eigenvalue weighted by Gasteiger charge is 2.43. The number of hydrogen-bond donors (Lipinski definition) is 6. The number of nitrogens with one attached hydrogen (secondary N) is 4. The molecule has 0 aliphatic heterocycles. The summed E-state index contributed by atoms with van der Waals surface area (Å²) < 4.78 is 0. The van der Waals surface area contributed by atoms with Crippen molar-refractivity contribution in [2.75, 3.05) is 6.54 Å². The van der Waals surface area contributed by atoms with Crippen molar-refractivity contribution < 1.29 is 29.4 Å². The third kappa shape index (κ3) is 15.5. The molecule has 4 aromatic carbocycles. The predicted molar refractivity (Wildman–Crippen MR) is 216 cm³/mol. The summed E-state index contributed by atoms with van der Waals surface area (Å²) in [6.45, 7) is 0.792. The first-order chi connectivity index (χ1) is 26.8. The van der Waals surface area contributed by atoms with Crippen LogP contribution in [-0.4, -0.2) is 58.9 Å². The van der Waals surface area contributed by atoms with Crippen LogP contribution in [0, 0.1) is 5.92 Å². The molecule has 0 saturated carbocycles. The van der Waals surface area contributed by atoms with E-state index in [2.05, 4.69) is 16.0 Å². The van der Waals surface area contributed by atoms with E-state index < -0.39 is 29.8 Å². The van der Waals surface area contributed by atoms with Crippen molar-refractivity contribution in [1.29, 1.82) is 0 Å². The molecule has 4 atom stereocenters. The average molecular weight is 749 g/mol. The van der Waals surface area contributed by atoms with Crippen LogP contribution in [0.15, 0.2) is 121 Å². The first kappa shape index (κ1) is 42.4. The van der Waals surface area contributed by atoms with Crippen LogP contribution in [-0.2, 0) is 35.3 Å². The van der Waals surface area contributed by atoms with Gasteiger partial charge in [-0.25, -0.2) is 9.59 Å². The third-order valence-electron chi connectivity index (χ3n) is 10.0. The number of benzene rings is 4. The number of carbonyl (C=O) groups excluding carboxylic acids is 2. The molecular formula is C45H56N4O6. The molecule has 0 bridgehead atoms. The Balaban J connectivity index is 1.46. The third-order valence-corrected chi connectivity index (χ3v) is 10.0. The van der Waals surface area contributed by atoms with Crippen LogP contribution in [0.5, 0.6) is 0 Å². The predicted octanol–water partition coefficient (Wildman–Crippen LogP) is 7.57. The Morgan fingerprint density at radius 3 is 1.56 bits per heavy atom. The van der Waals surface area contributed by atoms with Crippen LogP contribution >= 0.6 is 0 Å². The largest absolute Gasteiger partial charge is 0.465 e. The molecule has 0 saturated heterocycles. The zero-order valence-corrected chi connectivity index (χ0v) is 31.6. The molecular weight excluding hydrogens is 693 g/mol. The second kappa shape index (κ2) is 23.5. The van der Waals surface area contributed by atoms with Crippen molar-refractivity contribution in [1.82, 2.24) is 21.3 Å². The Morgan fingerprint density at radius 1 is 0.582 bits per heavy atom. The summed E-state index contributed by atoms with van der Waals surface area (Å²) in [4.78, 5) is 49.6. The first-order valence-electron chi connectivity index (χ1n) is 19.4. The maximum absolute atomic E-state index is 13.6. The Kier molecular flexibility index (Phi) is 18.1. The van der Waals surface area contributed by atoms with E-state index in [1.165, 1.54) is 0 Å². The SMILES string of the molecule is O=CC(Cc1ccccc1)NCCCCCCCCC[C@@H](Cc1ccccc1)C(Cc1ccccc1)(NC(=O)O)N[C@@H](Cc1ccccc1)C(=O)NC(=O)O. The minimum Gasteiger partial charge on any atom is -0.465 e. The lowest BCUT2D eigenvalue weighted by Crippen LogP contribution is -2.69. The van der Waals surface area contributed by atoms with Gasteiger partial charge in [-0.15, -0.1) is 0 Å². The summed E-state index contributed by atoms with van der Waals surface area (Å²) in [5, 5.41) is 31.6. The Labute approximate surface area is 325 Å². The molecule has 0 aliphatic carbocycles. The van der Waals surface area contributed by atoms with Gasteiger partial charge >= 0.3 is 12.2 Å². The number of aldehydes is 1. The highest BCUT2D eigenvalue weighted by molar-refractivity contribution is 5.94. The van der Waals surface area contributed by atoms with Crippen LogP contribution in [0.2, 0.25) is 0 Å². The molecule has 4 rings (SSSR count). The number of hydrogen-bond acceptors (Lipinski definition) is 6. The van der Waals surface area contributed by atoms with Gasteiger partial charge in [-0.1, -0.05) is 160 Å². The van der Waals surface area contributed by atoms with E-state index in [1.807, 2.05) is 127 Å². The van der Waals surface area contributed by atoms with Gasteiger partial charge in [0.25, 0.3) is 0 Å². The number of carboxylic acid groups (broad SMARTS) is 2. The Morgan fingerprint density at radius 2 is 1.05 bits per heavy atom. The lowest BCUT2D eigenvalue weighted by atomic mass is 9.78. The molecule has 2 unspecified atom stereocenters. The van der Waals surface area contributed by atoms with E-state index in [0.717, 1.165) is 80.0 Å². The molecule has 0 heterocycles. The van der Waals surface area contributed by atoms with Gasteiger partial charge < -0.3 is 25.6 Å². The number of carbonyl (C=O) groups is 4. The van der Waals surface area contributed by atoms with Gasteiger partial charge in [-0.05, 0) is 66.8 Å². The van der Waals surface area contributed by atoms with Crippen molar-refractivity contribution in [3.63, 3.8) is 0 Å². The molecule has 55 heavy (non-hydrogen) atoms. The van der Waals surface area contributed by atoms with Crippen LogP contribution in [0.4, 0.5) is 9.59 Å². The highest BCUT2D eigenvalue weighted by atomic mass is 16.4. The standard InChI is InChI=1S/C45H56N4O6/c50-34-40(31-36-22-12-7-13-23-36)46-29-19-5-3-1-2-4-18-28-39(30-35-20-10-6-11-21-35)45(49-44(54)55,33-38-26-16-9-17-27-38)48-41(42(51)47-43(52)53)32-37-24-14-8-15-25-37/h6-17,20-27,34,39-41,46,48-49H,1-5,18-19,28-33H2,(H,47,51)(H,52,53)(H,54,55)/t39-,40?,41-,45?/m0/s1. The molecule has 10 nitrogen and oxygen atoms in total. The molecule has 0 aromatic heterocycles. The van der Waals surface area contributed by atoms with Gasteiger partial charge in [0, 0.05) is 6.42 Å². The fourth-order valence-corrected chi connectivity index (χ4v) is 7.31. The fraction of sp³-hybridized carbons (Fsp3) is 0.378. The molecule has 292 valence electrons. The molecule has 0 radical (unpaired) electrons. The van der Waals surface area contributed by atoms with E-state index in [-0.39, 0.29) is 24.8 Å². The molecule has 0 spiro atoms. The normalized spacial score (nSPS) is 13.8. The molecule has 3 amide bonds. The average Bonchev–Trinajstić information content (AvgIpc) is 3.18. The number of unbranched alkanes of at least 4 members (excludes halogenated alkanes) is 6. The topological polar surface area (TPSA) is 157 Å². The maximum atomic E-state index is 13.6. The summed E-state index contributed by atoms with van der Waals surface area (Å²) in [5.41, 5.74) is 2.50. The minimum absolute atomic E-state index is 0.147. The molecule has 6 N–H and O–H groups in total. The van der Waals surface area contributed by atoms with Crippen molar-refractivity contribution >= 4 is 24.4 Å². The lowest BCUT2D eigenvalue weighted by molar-refractivity contribution is -0.123. The molecule has 10 heteroatoms. The minimum atomic E-state index is -1.48. The Hall–Kier alpha value is -5.32. The Bertz CT molecular complexity index is 1710. The van der Waals surface area contributed by atoms with E-state index >= 15 is 0 Å². The molecule has 4 aromatic rings. The second-order valence-corrected chi connectivity index (χ2v) is 14.3. The van der Waals surface area contributed by atoms with Crippen molar-refractivity contribution in [3.05, 3.63) is 144 Å². The summed E-state index contributed by atoms with van der Waals surface area (Å²) in [6, 6.07) is 37.5. The van der Waals surface area contributed by atoms with E-state index in [1.54, 1.807) is 0 Å².